The van der Waals surface area contributed by atoms with Gasteiger partial charge in [-0.15, -0.1) is 0 Å². The molecule has 5 heteroatoms. The van der Waals surface area contributed by atoms with Crippen molar-refractivity contribution in [2.75, 3.05) is 26.3 Å². The van der Waals surface area contributed by atoms with E-state index in [1.54, 1.807) is 4.90 Å². The van der Waals surface area contributed by atoms with Crippen LogP contribution >= 0.6 is 0 Å². The molecule has 16 heavy (non-hydrogen) atoms. The molecule has 1 aliphatic rings. The van der Waals surface area contributed by atoms with E-state index in [9.17, 15) is 9.59 Å². The molecule has 5 nitrogen and oxygen atoms in total. The largest absolute Gasteiger partial charge is 0.481 e. The van der Waals surface area contributed by atoms with Gasteiger partial charge in [-0.25, -0.2) is 0 Å². The summed E-state index contributed by atoms with van der Waals surface area (Å²) in [6.45, 7) is 4.13. The molecule has 0 aromatic rings. The maximum atomic E-state index is 11.4. The highest BCUT2D eigenvalue weighted by Crippen LogP contribution is 2.17. The Morgan fingerprint density at radius 1 is 1.56 bits per heavy atom. The quantitative estimate of drug-likeness (QED) is 0.654. The van der Waals surface area contributed by atoms with Crippen LogP contribution < -0.4 is 0 Å². The lowest BCUT2D eigenvalue weighted by Gasteiger charge is -2.15. The summed E-state index contributed by atoms with van der Waals surface area (Å²) in [6.07, 6.45) is 2.24. The van der Waals surface area contributed by atoms with Crippen molar-refractivity contribution in [3.05, 3.63) is 0 Å². The maximum absolute atomic E-state index is 11.4. The summed E-state index contributed by atoms with van der Waals surface area (Å²) < 4.78 is 5.34. The molecule has 1 rings (SSSR count). The van der Waals surface area contributed by atoms with Gasteiger partial charge >= 0.3 is 5.97 Å². The van der Waals surface area contributed by atoms with E-state index in [1.165, 1.54) is 0 Å². The molecule has 1 N–H and O–H groups in total. The Bertz CT molecular complexity index is 254. The molecule has 1 fully saturated rings. The molecule has 0 aliphatic carbocycles. The van der Waals surface area contributed by atoms with Crippen molar-refractivity contribution < 1.29 is 19.4 Å². The van der Waals surface area contributed by atoms with Crippen molar-refractivity contribution >= 4 is 11.9 Å². The Morgan fingerprint density at radius 3 is 2.88 bits per heavy atom. The summed E-state index contributed by atoms with van der Waals surface area (Å²) in [7, 11) is 0. The first kappa shape index (κ1) is 13.0. The van der Waals surface area contributed by atoms with Crippen molar-refractivity contribution in [2.24, 2.45) is 5.92 Å². The third-order valence-corrected chi connectivity index (χ3v) is 2.71. The van der Waals surface area contributed by atoms with Crippen LogP contribution in [0.4, 0.5) is 0 Å². The average molecular weight is 229 g/mol. The highest BCUT2D eigenvalue weighted by molar-refractivity contribution is 5.86. The van der Waals surface area contributed by atoms with Gasteiger partial charge in [0.1, 0.15) is 0 Å². The maximum Gasteiger partial charge on any atom is 0.308 e. The molecule has 1 heterocycles. The van der Waals surface area contributed by atoms with Gasteiger partial charge in [-0.2, -0.15) is 0 Å². The molecule has 1 saturated heterocycles. The van der Waals surface area contributed by atoms with E-state index in [2.05, 4.69) is 6.92 Å². The molecule has 1 amide bonds. The number of aliphatic carboxylic acids is 1. The number of carboxylic acids is 1. The van der Waals surface area contributed by atoms with Gasteiger partial charge in [0.2, 0.25) is 5.91 Å². The number of carboxylic acid groups (broad SMARTS) is 1. The van der Waals surface area contributed by atoms with E-state index in [0.717, 1.165) is 12.8 Å². The molecular formula is C11H19NO4. The lowest BCUT2D eigenvalue weighted by Crippen LogP contribution is -2.30. The lowest BCUT2D eigenvalue weighted by atomic mass is 10.1. The molecule has 0 aromatic carbocycles. The van der Waals surface area contributed by atoms with Crippen molar-refractivity contribution in [2.45, 2.75) is 26.2 Å². The summed E-state index contributed by atoms with van der Waals surface area (Å²) in [4.78, 5) is 23.7. The Labute approximate surface area is 95.4 Å². The smallest absolute Gasteiger partial charge is 0.308 e. The van der Waals surface area contributed by atoms with Crippen LogP contribution in [0.25, 0.3) is 0 Å². The fraction of sp³-hybridized carbons (Fsp3) is 0.818. The van der Waals surface area contributed by atoms with E-state index in [1.807, 2.05) is 0 Å². The van der Waals surface area contributed by atoms with Gasteiger partial charge in [-0.1, -0.05) is 13.3 Å². The molecular weight excluding hydrogens is 210 g/mol. The monoisotopic (exact) mass is 229 g/mol. The van der Waals surface area contributed by atoms with Crippen molar-refractivity contribution in [3.63, 3.8) is 0 Å². The topological polar surface area (TPSA) is 66.8 Å². The summed E-state index contributed by atoms with van der Waals surface area (Å²) in [6, 6.07) is 0. The zero-order valence-electron chi connectivity index (χ0n) is 9.65. The van der Waals surface area contributed by atoms with Crippen LogP contribution in [0.3, 0.4) is 0 Å². The first-order chi connectivity index (χ1) is 7.65. The van der Waals surface area contributed by atoms with E-state index < -0.39 is 11.9 Å². The van der Waals surface area contributed by atoms with Crippen LogP contribution in [0, 0.1) is 5.92 Å². The number of unbranched alkanes of at least 4 members (excludes halogenated alkanes) is 1. The number of amides is 1. The standard InChI is InChI=1S/C11H19NO4/c1-2-3-5-16-6-4-12-8-9(11(14)15)7-10(12)13/h9H,2-8H2,1H3,(H,14,15). The van der Waals surface area contributed by atoms with Gasteiger partial charge in [-0.3, -0.25) is 9.59 Å². The van der Waals surface area contributed by atoms with Crippen LogP contribution in [0.15, 0.2) is 0 Å². The number of rotatable bonds is 7. The Kier molecular flexibility index (Phi) is 5.25. The third kappa shape index (κ3) is 3.81. The number of carbonyl (C=O) groups excluding carboxylic acids is 1. The minimum atomic E-state index is -0.886. The van der Waals surface area contributed by atoms with Gasteiger partial charge < -0.3 is 14.7 Å². The minimum Gasteiger partial charge on any atom is -0.481 e. The molecule has 0 bridgehead atoms. The number of ether oxygens (including phenoxy) is 1. The zero-order valence-corrected chi connectivity index (χ0v) is 9.65. The number of likely N-dealkylation sites (tertiary alicyclic amines) is 1. The fourth-order valence-corrected chi connectivity index (χ4v) is 1.68. The second kappa shape index (κ2) is 6.48. The summed E-state index contributed by atoms with van der Waals surface area (Å²) in [5.41, 5.74) is 0. The Morgan fingerprint density at radius 2 is 2.31 bits per heavy atom. The second-order valence-corrected chi connectivity index (χ2v) is 4.04. The first-order valence-corrected chi connectivity index (χ1v) is 5.73. The molecule has 1 unspecified atom stereocenters. The number of hydrogen-bond acceptors (Lipinski definition) is 3. The Balaban J connectivity index is 2.18. The number of hydrogen-bond donors (Lipinski definition) is 1. The molecule has 0 aromatic heterocycles. The molecule has 92 valence electrons. The van der Waals surface area contributed by atoms with Gasteiger partial charge in [0, 0.05) is 26.1 Å². The molecule has 0 radical (unpaired) electrons. The first-order valence-electron chi connectivity index (χ1n) is 5.73. The highest BCUT2D eigenvalue weighted by Gasteiger charge is 2.33. The van der Waals surface area contributed by atoms with E-state index in [0.29, 0.717) is 26.3 Å². The van der Waals surface area contributed by atoms with E-state index in [4.69, 9.17) is 9.84 Å². The molecule has 0 spiro atoms. The van der Waals surface area contributed by atoms with E-state index >= 15 is 0 Å². The van der Waals surface area contributed by atoms with Crippen LogP contribution in [-0.2, 0) is 14.3 Å². The normalized spacial score (nSPS) is 20.4. The Hall–Kier alpha value is -1.10. The number of nitrogens with zero attached hydrogens (tertiary/aromatic N) is 1. The fourth-order valence-electron chi connectivity index (χ4n) is 1.68. The summed E-state index contributed by atoms with van der Waals surface area (Å²) in [5, 5.41) is 8.78. The average Bonchev–Trinajstić information content (AvgIpc) is 2.60. The molecule has 0 saturated carbocycles. The van der Waals surface area contributed by atoms with Crippen molar-refractivity contribution in [1.82, 2.24) is 4.90 Å². The van der Waals surface area contributed by atoms with Gasteiger partial charge in [0.25, 0.3) is 0 Å². The van der Waals surface area contributed by atoms with E-state index in [-0.39, 0.29) is 12.3 Å². The second-order valence-electron chi connectivity index (χ2n) is 4.04. The SMILES string of the molecule is CCCCOCCN1CC(C(=O)O)CC1=O. The minimum absolute atomic E-state index is 0.0773. The van der Waals surface area contributed by atoms with Gasteiger partial charge in [-0.05, 0) is 6.42 Å². The van der Waals surface area contributed by atoms with Gasteiger partial charge in [0.05, 0.1) is 12.5 Å². The summed E-state index contributed by atoms with van der Waals surface area (Å²) >= 11 is 0. The van der Waals surface area contributed by atoms with Crippen LogP contribution in [0.5, 0.6) is 0 Å². The highest BCUT2D eigenvalue weighted by atomic mass is 16.5. The third-order valence-electron chi connectivity index (χ3n) is 2.71. The van der Waals surface area contributed by atoms with Crippen LogP contribution in [0.2, 0.25) is 0 Å². The summed E-state index contributed by atoms with van der Waals surface area (Å²) in [5.74, 6) is -1.50. The molecule has 1 aliphatic heterocycles. The predicted molar refractivity (Wildman–Crippen MR) is 58.0 cm³/mol. The van der Waals surface area contributed by atoms with Crippen LogP contribution in [0.1, 0.15) is 26.2 Å². The zero-order chi connectivity index (χ0) is 12.0. The lowest BCUT2D eigenvalue weighted by molar-refractivity contribution is -0.141. The molecule has 1 atom stereocenters. The predicted octanol–water partition coefficient (Wildman–Crippen LogP) is 0.736. The van der Waals surface area contributed by atoms with Crippen molar-refractivity contribution in [1.29, 1.82) is 0 Å². The van der Waals surface area contributed by atoms with Gasteiger partial charge in [0.15, 0.2) is 0 Å². The number of carbonyl (C=O) groups is 2. The van der Waals surface area contributed by atoms with Crippen molar-refractivity contribution in [3.8, 4) is 0 Å². The van der Waals surface area contributed by atoms with Crippen LogP contribution in [-0.4, -0.2) is 48.2 Å².